The van der Waals surface area contributed by atoms with Gasteiger partial charge in [-0.1, -0.05) is 5.16 Å². The van der Waals surface area contributed by atoms with Crippen molar-refractivity contribution in [1.82, 2.24) is 35.5 Å². The Labute approximate surface area is 250 Å². The Bertz CT molecular complexity index is 1490. The Balaban J connectivity index is 1.26. The van der Waals surface area contributed by atoms with Crippen molar-refractivity contribution >= 4 is 17.5 Å². The normalized spacial score (nSPS) is 22.3. The number of aromatic nitrogens is 5. The quantitative estimate of drug-likeness (QED) is 0.327. The van der Waals surface area contributed by atoms with E-state index in [4.69, 9.17) is 9.72 Å². The fourth-order valence-electron chi connectivity index (χ4n) is 6.65. The molecule has 1 saturated heterocycles. The van der Waals surface area contributed by atoms with Gasteiger partial charge in [0, 0.05) is 45.3 Å². The van der Waals surface area contributed by atoms with Crippen LogP contribution in [0, 0.1) is 24.7 Å². The van der Waals surface area contributed by atoms with Crippen LogP contribution in [0.15, 0.2) is 23.1 Å². The number of amides is 2. The van der Waals surface area contributed by atoms with Crippen molar-refractivity contribution in [3.63, 3.8) is 0 Å². The molecule has 0 bridgehead atoms. The van der Waals surface area contributed by atoms with Crippen LogP contribution in [0.2, 0.25) is 0 Å². The number of ether oxygens (including phenoxy) is 1. The SMILES string of the molecule is Cc1nonc1C(=O)N[C@H](c1cn2ncc(C(NC(=O)CC3CC(F)(F)C3)C3CCOCC3)cc2n1)C1CCC(F)(F)CC1. The molecule has 3 aromatic rings. The average molecular weight is 622 g/mol. The van der Waals surface area contributed by atoms with E-state index in [0.29, 0.717) is 48.7 Å². The number of carbonyl (C=O) groups excluding carboxylic acids is 2. The summed E-state index contributed by atoms with van der Waals surface area (Å²) in [5, 5.41) is 17.8. The second-order valence-electron chi connectivity index (χ2n) is 12.4. The van der Waals surface area contributed by atoms with Gasteiger partial charge in [-0.3, -0.25) is 9.59 Å². The molecule has 3 fully saturated rings. The van der Waals surface area contributed by atoms with Gasteiger partial charge in [-0.15, -0.1) is 0 Å². The lowest BCUT2D eigenvalue weighted by Gasteiger charge is -2.35. The van der Waals surface area contributed by atoms with Crippen molar-refractivity contribution in [2.75, 3.05) is 13.2 Å². The maximum absolute atomic E-state index is 14.0. The summed E-state index contributed by atoms with van der Waals surface area (Å²) in [6.07, 6.45) is 3.94. The molecule has 4 heterocycles. The molecule has 2 amide bonds. The molecule has 3 aromatic heterocycles. The summed E-state index contributed by atoms with van der Waals surface area (Å²) in [7, 11) is 0. The molecule has 3 aliphatic rings. The van der Waals surface area contributed by atoms with Gasteiger partial charge < -0.3 is 15.4 Å². The standard InChI is InChI=1S/C29H35F4N7O4/c1-16-24(39-44-38-16)27(42)37-26(18-2-6-28(30,31)7-3-18)21-15-40-22(35-21)11-20(14-34-40)25(19-4-8-43-9-5-19)36-23(41)10-17-12-29(32,33)13-17/h11,14-15,17-19,25-26H,2-10,12-13H2,1H3,(H,36,41)(H,37,42)/t25?,26-/m0/s1. The molecule has 44 heavy (non-hydrogen) atoms. The monoisotopic (exact) mass is 621 g/mol. The number of imidazole rings is 1. The predicted molar refractivity (Wildman–Crippen MR) is 146 cm³/mol. The first-order valence-electron chi connectivity index (χ1n) is 15.0. The Kier molecular flexibility index (Phi) is 8.33. The van der Waals surface area contributed by atoms with Gasteiger partial charge in [0.25, 0.3) is 5.91 Å². The maximum Gasteiger partial charge on any atom is 0.276 e. The maximum atomic E-state index is 14.0. The van der Waals surface area contributed by atoms with Crippen LogP contribution in [0.3, 0.4) is 0 Å². The number of hydrogen-bond acceptors (Lipinski definition) is 8. The summed E-state index contributed by atoms with van der Waals surface area (Å²) in [6.45, 7) is 2.65. The van der Waals surface area contributed by atoms with Gasteiger partial charge in [0.2, 0.25) is 17.8 Å². The number of halogens is 4. The van der Waals surface area contributed by atoms with Crippen LogP contribution in [0.25, 0.3) is 5.65 Å². The van der Waals surface area contributed by atoms with Crippen molar-refractivity contribution in [1.29, 1.82) is 0 Å². The van der Waals surface area contributed by atoms with E-state index in [-0.39, 0.29) is 74.3 Å². The van der Waals surface area contributed by atoms with E-state index in [2.05, 4.69) is 30.7 Å². The van der Waals surface area contributed by atoms with Gasteiger partial charge >= 0.3 is 0 Å². The summed E-state index contributed by atoms with van der Waals surface area (Å²) in [5.74, 6) is -6.90. The van der Waals surface area contributed by atoms with Gasteiger partial charge in [0.1, 0.15) is 5.69 Å². The van der Waals surface area contributed by atoms with Crippen LogP contribution in [-0.4, -0.2) is 61.8 Å². The van der Waals surface area contributed by atoms with Crippen LogP contribution in [-0.2, 0) is 9.53 Å². The summed E-state index contributed by atoms with van der Waals surface area (Å²) in [4.78, 5) is 30.8. The Morgan fingerprint density at radius 3 is 2.36 bits per heavy atom. The van der Waals surface area contributed by atoms with Crippen LogP contribution in [0.4, 0.5) is 17.6 Å². The number of carbonyl (C=O) groups is 2. The molecule has 1 unspecified atom stereocenters. The molecule has 15 heteroatoms. The number of nitrogens with one attached hydrogen (secondary N) is 2. The van der Waals surface area contributed by atoms with Gasteiger partial charge in [-0.2, -0.15) is 5.10 Å². The summed E-state index contributed by atoms with van der Waals surface area (Å²) >= 11 is 0. The molecule has 0 spiro atoms. The van der Waals surface area contributed by atoms with Crippen LogP contribution in [0.1, 0.15) is 97.3 Å². The highest BCUT2D eigenvalue weighted by atomic mass is 19.3. The summed E-state index contributed by atoms with van der Waals surface area (Å²) < 4.78 is 66.5. The van der Waals surface area contributed by atoms with Crippen molar-refractivity contribution in [2.45, 2.75) is 88.6 Å². The molecule has 1 aliphatic heterocycles. The van der Waals surface area contributed by atoms with Gasteiger partial charge in [0.15, 0.2) is 11.3 Å². The number of fused-ring (bicyclic) bond motifs is 1. The minimum Gasteiger partial charge on any atom is -0.381 e. The van der Waals surface area contributed by atoms with E-state index in [1.165, 1.54) is 4.52 Å². The molecule has 0 aromatic carbocycles. The highest BCUT2D eigenvalue weighted by molar-refractivity contribution is 5.93. The third kappa shape index (κ3) is 6.71. The van der Waals surface area contributed by atoms with Gasteiger partial charge in [-0.25, -0.2) is 31.7 Å². The van der Waals surface area contributed by atoms with E-state index >= 15 is 0 Å². The summed E-state index contributed by atoms with van der Waals surface area (Å²) in [5.41, 5.74) is 1.90. The number of nitrogens with zero attached hydrogens (tertiary/aromatic N) is 5. The Hall–Kier alpha value is -3.62. The Morgan fingerprint density at radius 1 is 1.00 bits per heavy atom. The van der Waals surface area contributed by atoms with Crippen molar-refractivity contribution < 1.29 is 36.5 Å². The topological polar surface area (TPSA) is 137 Å². The minimum atomic E-state index is -2.75. The predicted octanol–water partition coefficient (Wildman–Crippen LogP) is 4.74. The lowest BCUT2D eigenvalue weighted by molar-refractivity contribution is -0.134. The van der Waals surface area contributed by atoms with E-state index < -0.39 is 29.8 Å². The zero-order chi connectivity index (χ0) is 31.1. The molecular weight excluding hydrogens is 586 g/mol. The second kappa shape index (κ2) is 12.1. The first-order chi connectivity index (χ1) is 21.0. The third-order valence-electron chi connectivity index (χ3n) is 9.13. The van der Waals surface area contributed by atoms with Crippen LogP contribution >= 0.6 is 0 Å². The lowest BCUT2D eigenvalue weighted by atomic mass is 9.79. The molecule has 0 radical (unpaired) electrons. The van der Waals surface area contributed by atoms with Crippen LogP contribution in [0.5, 0.6) is 0 Å². The first kappa shape index (κ1) is 30.4. The first-order valence-corrected chi connectivity index (χ1v) is 15.0. The smallest absolute Gasteiger partial charge is 0.276 e. The molecule has 2 aliphatic carbocycles. The van der Waals surface area contributed by atoms with E-state index in [1.54, 1.807) is 25.4 Å². The second-order valence-corrected chi connectivity index (χ2v) is 12.4. The fourth-order valence-corrected chi connectivity index (χ4v) is 6.65. The van der Waals surface area contributed by atoms with E-state index in [0.717, 1.165) is 0 Å². The third-order valence-corrected chi connectivity index (χ3v) is 9.13. The molecular formula is C29H35F4N7O4. The van der Waals surface area contributed by atoms with Crippen LogP contribution < -0.4 is 10.6 Å². The molecule has 11 nitrogen and oxygen atoms in total. The van der Waals surface area contributed by atoms with E-state index in [9.17, 15) is 27.2 Å². The number of alkyl halides is 4. The van der Waals surface area contributed by atoms with Gasteiger partial charge in [-0.05, 0) is 67.1 Å². The minimum absolute atomic E-state index is 0.000907. The van der Waals surface area contributed by atoms with Crippen molar-refractivity contribution in [3.05, 3.63) is 41.1 Å². The molecule has 6 rings (SSSR count). The van der Waals surface area contributed by atoms with Gasteiger partial charge in [0.05, 0.1) is 30.2 Å². The molecule has 2 N–H and O–H groups in total. The number of hydrogen-bond donors (Lipinski definition) is 2. The highest BCUT2D eigenvalue weighted by Crippen LogP contribution is 2.44. The molecule has 238 valence electrons. The van der Waals surface area contributed by atoms with E-state index in [1.807, 2.05) is 0 Å². The highest BCUT2D eigenvalue weighted by Gasteiger charge is 2.46. The number of rotatable bonds is 9. The van der Waals surface area contributed by atoms with Crippen molar-refractivity contribution in [3.8, 4) is 0 Å². The fraction of sp³-hybridized carbons (Fsp3) is 0.655. The lowest BCUT2D eigenvalue weighted by Crippen LogP contribution is -2.41. The molecule has 2 atom stereocenters. The largest absolute Gasteiger partial charge is 0.381 e. The summed E-state index contributed by atoms with van der Waals surface area (Å²) in [6, 6.07) is 0.670. The zero-order valence-corrected chi connectivity index (χ0v) is 24.3. The zero-order valence-electron chi connectivity index (χ0n) is 24.3. The Morgan fingerprint density at radius 2 is 1.70 bits per heavy atom. The average Bonchev–Trinajstić information content (AvgIpc) is 3.60. The number of aryl methyl sites for hydroxylation is 1. The van der Waals surface area contributed by atoms with Crippen molar-refractivity contribution in [2.24, 2.45) is 17.8 Å². The molecule has 2 saturated carbocycles.